The first kappa shape index (κ1) is 23.1. The zero-order valence-electron chi connectivity index (χ0n) is 18.2. The number of benzene rings is 2. The van der Waals surface area contributed by atoms with E-state index < -0.39 is 18.5 Å². The third kappa shape index (κ3) is 6.14. The number of aryl methyl sites for hydroxylation is 2. The molecule has 0 fully saturated rings. The number of ether oxygens (including phenoxy) is 4. The Labute approximate surface area is 177 Å². The summed E-state index contributed by atoms with van der Waals surface area (Å²) < 4.78 is 22.0. The average molecular weight is 415 g/mol. The van der Waals surface area contributed by atoms with Crippen LogP contribution >= 0.6 is 0 Å². The highest BCUT2D eigenvalue weighted by atomic mass is 16.5. The number of nitrogens with one attached hydrogen (secondary N) is 1. The first-order valence-corrected chi connectivity index (χ1v) is 10.00. The lowest BCUT2D eigenvalue weighted by Gasteiger charge is -2.17. The van der Waals surface area contributed by atoms with Gasteiger partial charge in [-0.1, -0.05) is 12.1 Å². The number of carbonyl (C=O) groups excluding carboxylic acids is 2. The van der Waals surface area contributed by atoms with Crippen LogP contribution in [0.5, 0.6) is 17.2 Å². The van der Waals surface area contributed by atoms with E-state index in [0.29, 0.717) is 42.8 Å². The van der Waals surface area contributed by atoms with E-state index in [1.165, 1.54) is 12.1 Å². The van der Waals surface area contributed by atoms with E-state index in [4.69, 9.17) is 18.9 Å². The molecule has 0 aliphatic heterocycles. The van der Waals surface area contributed by atoms with Gasteiger partial charge in [-0.2, -0.15) is 0 Å². The van der Waals surface area contributed by atoms with Crippen LogP contribution in [0.4, 0.5) is 5.69 Å². The number of hydrogen-bond donors (Lipinski definition) is 1. The molecule has 2 aromatic rings. The van der Waals surface area contributed by atoms with Gasteiger partial charge in [0.1, 0.15) is 0 Å². The molecule has 0 aliphatic carbocycles. The van der Waals surface area contributed by atoms with Gasteiger partial charge in [-0.15, -0.1) is 0 Å². The Morgan fingerprint density at radius 3 is 2.03 bits per heavy atom. The number of carbonyl (C=O) groups is 2. The van der Waals surface area contributed by atoms with Crippen molar-refractivity contribution in [3.63, 3.8) is 0 Å². The van der Waals surface area contributed by atoms with E-state index in [9.17, 15) is 9.59 Å². The van der Waals surface area contributed by atoms with Crippen LogP contribution in [0, 0.1) is 13.8 Å². The first-order chi connectivity index (χ1) is 14.4. The molecule has 2 aromatic carbocycles. The smallest absolute Gasteiger partial charge is 0.338 e. The minimum Gasteiger partial charge on any atom is -0.490 e. The number of rotatable bonds is 10. The second-order valence-electron chi connectivity index (χ2n) is 6.54. The molecular weight excluding hydrogens is 386 g/mol. The molecule has 7 heteroatoms. The van der Waals surface area contributed by atoms with Gasteiger partial charge in [0, 0.05) is 5.69 Å². The van der Waals surface area contributed by atoms with Gasteiger partial charge in [0.25, 0.3) is 5.91 Å². The third-order valence-electron chi connectivity index (χ3n) is 4.15. The molecule has 0 aliphatic rings. The van der Waals surface area contributed by atoms with E-state index in [1.54, 1.807) is 0 Å². The van der Waals surface area contributed by atoms with E-state index in [1.807, 2.05) is 52.8 Å². The summed E-state index contributed by atoms with van der Waals surface area (Å²) in [4.78, 5) is 24.8. The Kier molecular flexibility index (Phi) is 8.53. The van der Waals surface area contributed by atoms with Crippen LogP contribution in [0.2, 0.25) is 0 Å². The molecule has 0 aromatic heterocycles. The summed E-state index contributed by atoms with van der Waals surface area (Å²) in [5.41, 5.74) is 2.85. The summed E-state index contributed by atoms with van der Waals surface area (Å²) in [7, 11) is 0. The predicted octanol–water partition coefficient (Wildman–Crippen LogP) is 4.30. The van der Waals surface area contributed by atoms with Crippen LogP contribution in [-0.2, 0) is 9.53 Å². The number of anilines is 1. The van der Waals surface area contributed by atoms with Crippen molar-refractivity contribution in [3.05, 3.63) is 47.0 Å². The molecule has 1 N–H and O–H groups in total. The van der Waals surface area contributed by atoms with Crippen LogP contribution in [0.1, 0.15) is 42.3 Å². The summed E-state index contributed by atoms with van der Waals surface area (Å²) in [5, 5.41) is 2.76. The monoisotopic (exact) mass is 415 g/mol. The predicted molar refractivity (Wildman–Crippen MR) is 115 cm³/mol. The Hall–Kier alpha value is -3.22. The number of esters is 1. The van der Waals surface area contributed by atoms with Gasteiger partial charge in [-0.05, 0) is 63.9 Å². The van der Waals surface area contributed by atoms with Crippen molar-refractivity contribution in [3.8, 4) is 17.2 Å². The van der Waals surface area contributed by atoms with Crippen molar-refractivity contribution in [1.82, 2.24) is 0 Å². The van der Waals surface area contributed by atoms with Gasteiger partial charge in [0.15, 0.2) is 18.1 Å². The van der Waals surface area contributed by atoms with Crippen LogP contribution in [0.25, 0.3) is 0 Å². The molecule has 0 heterocycles. The normalized spacial score (nSPS) is 10.3. The number of hydrogen-bond acceptors (Lipinski definition) is 6. The van der Waals surface area contributed by atoms with Gasteiger partial charge in [0.2, 0.25) is 5.75 Å². The summed E-state index contributed by atoms with van der Waals surface area (Å²) >= 11 is 0. The Morgan fingerprint density at radius 2 is 1.47 bits per heavy atom. The quantitative estimate of drug-likeness (QED) is 0.583. The fourth-order valence-electron chi connectivity index (χ4n) is 2.78. The van der Waals surface area contributed by atoms with Gasteiger partial charge in [-0.3, -0.25) is 4.79 Å². The van der Waals surface area contributed by atoms with Crippen molar-refractivity contribution in [2.24, 2.45) is 0 Å². The lowest BCUT2D eigenvalue weighted by Crippen LogP contribution is -2.21. The Morgan fingerprint density at radius 1 is 0.867 bits per heavy atom. The van der Waals surface area contributed by atoms with Gasteiger partial charge < -0.3 is 24.3 Å². The van der Waals surface area contributed by atoms with Crippen molar-refractivity contribution in [2.75, 3.05) is 31.7 Å². The maximum atomic E-state index is 12.6. The summed E-state index contributed by atoms with van der Waals surface area (Å²) in [5.74, 6) is 0.133. The lowest BCUT2D eigenvalue weighted by atomic mass is 10.1. The summed E-state index contributed by atoms with van der Waals surface area (Å²) in [6.07, 6.45) is 0. The van der Waals surface area contributed by atoms with Crippen LogP contribution < -0.4 is 19.5 Å². The molecule has 0 radical (unpaired) electrons. The lowest BCUT2D eigenvalue weighted by molar-refractivity contribution is -0.119. The SMILES string of the molecule is CCOc1cc(C(=O)OCC(=O)Nc2cc(C)ccc2C)cc(OCC)c1OCC. The molecular formula is C23H29NO6. The maximum absolute atomic E-state index is 12.6. The van der Waals surface area contributed by atoms with E-state index >= 15 is 0 Å². The number of amides is 1. The molecule has 0 bridgehead atoms. The maximum Gasteiger partial charge on any atom is 0.338 e. The zero-order chi connectivity index (χ0) is 22.1. The Bertz CT molecular complexity index is 866. The Balaban J connectivity index is 2.13. The summed E-state index contributed by atoms with van der Waals surface area (Å²) in [6, 6.07) is 8.80. The standard InChI is InChI=1S/C23H29NO6/c1-6-27-19-12-17(13-20(28-7-2)22(19)29-8-3)23(26)30-14-21(25)24-18-11-15(4)9-10-16(18)5/h9-13H,6-8,14H2,1-5H3,(H,24,25). The minimum atomic E-state index is -0.656. The highest BCUT2D eigenvalue weighted by Crippen LogP contribution is 2.39. The second kappa shape index (κ2) is 11.1. The zero-order valence-corrected chi connectivity index (χ0v) is 18.2. The van der Waals surface area contributed by atoms with Gasteiger partial charge in [-0.25, -0.2) is 4.79 Å². The average Bonchev–Trinajstić information content (AvgIpc) is 2.71. The molecule has 0 saturated heterocycles. The molecule has 30 heavy (non-hydrogen) atoms. The largest absolute Gasteiger partial charge is 0.490 e. The molecule has 0 unspecified atom stereocenters. The summed E-state index contributed by atoms with van der Waals surface area (Å²) in [6.45, 7) is 10.1. The van der Waals surface area contributed by atoms with Gasteiger partial charge >= 0.3 is 5.97 Å². The highest BCUT2D eigenvalue weighted by molar-refractivity contribution is 5.96. The molecule has 7 nitrogen and oxygen atoms in total. The van der Waals surface area contributed by atoms with E-state index in [0.717, 1.165) is 11.1 Å². The van der Waals surface area contributed by atoms with Crippen LogP contribution in [0.15, 0.2) is 30.3 Å². The third-order valence-corrected chi connectivity index (χ3v) is 4.15. The van der Waals surface area contributed by atoms with E-state index in [-0.39, 0.29) is 5.56 Å². The first-order valence-electron chi connectivity index (χ1n) is 10.00. The topological polar surface area (TPSA) is 83.1 Å². The fourth-order valence-corrected chi connectivity index (χ4v) is 2.78. The molecule has 2 rings (SSSR count). The molecule has 0 spiro atoms. The fraction of sp³-hybridized carbons (Fsp3) is 0.391. The molecule has 0 atom stereocenters. The van der Waals surface area contributed by atoms with Crippen molar-refractivity contribution in [2.45, 2.75) is 34.6 Å². The molecule has 162 valence electrons. The van der Waals surface area contributed by atoms with Crippen LogP contribution in [-0.4, -0.2) is 38.3 Å². The van der Waals surface area contributed by atoms with Crippen molar-refractivity contribution < 1.29 is 28.5 Å². The molecule has 0 saturated carbocycles. The minimum absolute atomic E-state index is 0.213. The van der Waals surface area contributed by atoms with Gasteiger partial charge in [0.05, 0.1) is 25.4 Å². The van der Waals surface area contributed by atoms with Crippen molar-refractivity contribution >= 4 is 17.6 Å². The molecule has 1 amide bonds. The highest BCUT2D eigenvalue weighted by Gasteiger charge is 2.20. The van der Waals surface area contributed by atoms with Crippen LogP contribution in [0.3, 0.4) is 0 Å². The van der Waals surface area contributed by atoms with E-state index in [2.05, 4.69) is 5.32 Å². The second-order valence-corrected chi connectivity index (χ2v) is 6.54. The van der Waals surface area contributed by atoms with Crippen molar-refractivity contribution in [1.29, 1.82) is 0 Å².